The number of halogens is 1. The summed E-state index contributed by atoms with van der Waals surface area (Å²) >= 11 is 5.83. The van der Waals surface area contributed by atoms with Gasteiger partial charge in [-0.25, -0.2) is 13.4 Å². The molecule has 0 radical (unpaired) electrons. The molecular weight excluding hydrogens is 456 g/mol. The zero-order valence-corrected chi connectivity index (χ0v) is 18.4. The number of nitrogens with zero attached hydrogens (tertiary/aromatic N) is 2. The minimum atomic E-state index is -4.00. The molecule has 3 aromatic rings. The zero-order valence-electron chi connectivity index (χ0n) is 16.8. The van der Waals surface area contributed by atoms with Crippen LogP contribution in [0.3, 0.4) is 0 Å². The molecule has 0 aliphatic heterocycles. The molecule has 0 saturated heterocycles. The van der Waals surface area contributed by atoms with Gasteiger partial charge in [0.05, 0.1) is 11.2 Å². The van der Waals surface area contributed by atoms with Crippen LogP contribution in [0.5, 0.6) is 0 Å². The summed E-state index contributed by atoms with van der Waals surface area (Å²) < 4.78 is 29.6. The highest BCUT2D eigenvalue weighted by atomic mass is 35.5. The van der Waals surface area contributed by atoms with Gasteiger partial charge in [0.25, 0.3) is 0 Å². The highest BCUT2D eigenvalue weighted by molar-refractivity contribution is 7.89. The van der Waals surface area contributed by atoms with Crippen LogP contribution in [0.4, 0.5) is 5.69 Å². The lowest BCUT2D eigenvalue weighted by molar-refractivity contribution is -0.137. The number of carbonyl (C=O) groups is 2. The first-order valence-corrected chi connectivity index (χ1v) is 11.4. The number of aromatic nitrogens is 2. The first-order chi connectivity index (χ1) is 15.2. The van der Waals surface area contributed by atoms with E-state index in [0.717, 1.165) is 5.56 Å². The topological polar surface area (TPSA) is 130 Å². The second-order valence-corrected chi connectivity index (χ2v) is 9.12. The molecule has 2 aromatic carbocycles. The summed E-state index contributed by atoms with van der Waals surface area (Å²) in [5.74, 6) is -1.45. The Morgan fingerprint density at radius 1 is 1.09 bits per heavy atom. The second-order valence-electron chi connectivity index (χ2n) is 6.97. The maximum absolute atomic E-state index is 12.9. The van der Waals surface area contributed by atoms with Gasteiger partial charge >= 0.3 is 5.97 Å². The van der Waals surface area contributed by atoms with Crippen molar-refractivity contribution in [2.24, 2.45) is 0 Å². The number of anilines is 1. The van der Waals surface area contributed by atoms with Gasteiger partial charge in [-0.2, -0.15) is 4.72 Å². The van der Waals surface area contributed by atoms with E-state index in [2.05, 4.69) is 15.0 Å². The highest BCUT2D eigenvalue weighted by Gasteiger charge is 2.26. The summed E-state index contributed by atoms with van der Waals surface area (Å²) in [6, 6.07) is 11.2. The second kappa shape index (κ2) is 10.4. The lowest BCUT2D eigenvalue weighted by atomic mass is 10.1. The average molecular weight is 477 g/mol. The van der Waals surface area contributed by atoms with E-state index in [4.69, 9.17) is 16.7 Å². The maximum atomic E-state index is 12.9. The summed E-state index contributed by atoms with van der Waals surface area (Å²) in [4.78, 5) is 27.5. The molecular formula is C21H21ClN4O5S. The fraction of sp³-hybridized carbons (Fsp3) is 0.190. The Morgan fingerprint density at radius 2 is 1.78 bits per heavy atom. The van der Waals surface area contributed by atoms with Gasteiger partial charge in [0.15, 0.2) is 0 Å². The molecule has 3 rings (SSSR count). The third-order valence-corrected chi connectivity index (χ3v) is 6.28. The Hall–Kier alpha value is -3.21. The molecule has 9 nitrogen and oxygen atoms in total. The van der Waals surface area contributed by atoms with Crippen molar-refractivity contribution in [1.29, 1.82) is 0 Å². The third-order valence-electron chi connectivity index (χ3n) is 4.54. The number of benzene rings is 2. The van der Waals surface area contributed by atoms with Crippen molar-refractivity contribution in [3.05, 3.63) is 77.8 Å². The lowest BCUT2D eigenvalue weighted by Gasteiger charge is -2.19. The van der Waals surface area contributed by atoms with E-state index in [9.17, 15) is 18.0 Å². The van der Waals surface area contributed by atoms with E-state index in [-0.39, 0.29) is 17.9 Å². The van der Waals surface area contributed by atoms with Crippen LogP contribution in [0.1, 0.15) is 12.0 Å². The van der Waals surface area contributed by atoms with Crippen LogP contribution in [0.2, 0.25) is 5.02 Å². The van der Waals surface area contributed by atoms with E-state index in [1.807, 2.05) is 0 Å². The van der Waals surface area contributed by atoms with Crippen molar-refractivity contribution in [2.75, 3.05) is 5.32 Å². The van der Waals surface area contributed by atoms with Crippen molar-refractivity contribution >= 4 is 39.2 Å². The van der Waals surface area contributed by atoms with Gasteiger partial charge in [-0.1, -0.05) is 23.7 Å². The van der Waals surface area contributed by atoms with Crippen molar-refractivity contribution < 1.29 is 23.1 Å². The molecule has 0 bridgehead atoms. The van der Waals surface area contributed by atoms with E-state index in [1.54, 1.807) is 35.0 Å². The zero-order chi connectivity index (χ0) is 23.1. The first kappa shape index (κ1) is 23.5. The van der Waals surface area contributed by atoms with Gasteiger partial charge in [-0.05, 0) is 48.4 Å². The summed E-state index contributed by atoms with van der Waals surface area (Å²) in [5.41, 5.74) is 1.26. The minimum Gasteiger partial charge on any atom is -0.481 e. The molecule has 168 valence electrons. The summed E-state index contributed by atoms with van der Waals surface area (Å²) in [5, 5.41) is 11.9. The summed E-state index contributed by atoms with van der Waals surface area (Å²) in [7, 11) is -4.00. The number of imidazole rings is 1. The number of rotatable bonds is 10. The standard InChI is InChI=1S/C21H21ClN4O5S/c22-16-4-8-18(9-5-16)32(30,31)25-19(13-26-12-11-23-14-26)21(29)24-17-6-1-15(2-7-17)3-10-20(27)28/h1-2,4-9,11-12,14,19,25H,3,10,13H2,(H,24,29)(H,27,28)/t19-/m0/s1. The Balaban J connectivity index is 1.75. The number of hydrogen-bond acceptors (Lipinski definition) is 5. The monoisotopic (exact) mass is 476 g/mol. The molecule has 11 heteroatoms. The van der Waals surface area contributed by atoms with Gasteiger partial charge in [0, 0.05) is 36.1 Å². The molecule has 3 N–H and O–H groups in total. The first-order valence-electron chi connectivity index (χ1n) is 9.58. The van der Waals surface area contributed by atoms with Gasteiger partial charge in [0.1, 0.15) is 6.04 Å². The molecule has 0 saturated carbocycles. The molecule has 1 amide bonds. The van der Waals surface area contributed by atoms with E-state index in [1.165, 1.54) is 36.8 Å². The molecule has 1 atom stereocenters. The number of hydrogen-bond donors (Lipinski definition) is 3. The fourth-order valence-electron chi connectivity index (χ4n) is 2.88. The van der Waals surface area contributed by atoms with Crippen molar-refractivity contribution in [3.8, 4) is 0 Å². The Morgan fingerprint density at radius 3 is 2.38 bits per heavy atom. The van der Waals surface area contributed by atoms with Crippen LogP contribution < -0.4 is 10.0 Å². The van der Waals surface area contributed by atoms with Crippen LogP contribution in [0.25, 0.3) is 0 Å². The number of nitrogens with one attached hydrogen (secondary N) is 2. The number of aryl methyl sites for hydroxylation is 1. The average Bonchev–Trinajstić information content (AvgIpc) is 3.26. The van der Waals surface area contributed by atoms with Gasteiger partial charge < -0.3 is 15.0 Å². The molecule has 1 aromatic heterocycles. The smallest absolute Gasteiger partial charge is 0.303 e. The Bertz CT molecular complexity index is 1160. The van der Waals surface area contributed by atoms with Crippen molar-refractivity contribution in [2.45, 2.75) is 30.3 Å². The predicted molar refractivity (Wildman–Crippen MR) is 119 cm³/mol. The molecule has 0 unspecified atom stereocenters. The number of amides is 1. The van der Waals surface area contributed by atoms with Crippen molar-refractivity contribution in [3.63, 3.8) is 0 Å². The number of sulfonamides is 1. The molecule has 0 aliphatic rings. The normalized spacial score (nSPS) is 12.3. The van der Waals surface area contributed by atoms with Crippen LogP contribution >= 0.6 is 11.6 Å². The maximum Gasteiger partial charge on any atom is 0.303 e. The molecule has 1 heterocycles. The SMILES string of the molecule is O=C(O)CCc1ccc(NC(=O)[C@H](Cn2ccnc2)NS(=O)(=O)c2ccc(Cl)cc2)cc1. The number of carbonyl (C=O) groups excluding carboxylic acids is 1. The molecule has 32 heavy (non-hydrogen) atoms. The van der Waals surface area contributed by atoms with Gasteiger partial charge in [-0.15, -0.1) is 0 Å². The predicted octanol–water partition coefficient (Wildman–Crippen LogP) is 2.54. The molecule has 0 spiro atoms. The number of aliphatic carboxylic acids is 1. The fourth-order valence-corrected chi connectivity index (χ4v) is 4.20. The number of carboxylic acids is 1. The van der Waals surface area contributed by atoms with Gasteiger partial charge in [0.2, 0.25) is 15.9 Å². The Labute approximate surface area is 190 Å². The summed E-state index contributed by atoms with van der Waals surface area (Å²) in [6.45, 7) is 0.0232. The van der Waals surface area contributed by atoms with Crippen LogP contribution in [0, 0.1) is 0 Å². The van der Waals surface area contributed by atoms with Crippen molar-refractivity contribution in [1.82, 2.24) is 14.3 Å². The minimum absolute atomic E-state index is 0.00512. The Kier molecular flexibility index (Phi) is 7.62. The van der Waals surface area contributed by atoms with Crippen LogP contribution in [-0.4, -0.2) is 41.0 Å². The quantitative estimate of drug-likeness (QED) is 0.412. The molecule has 0 aliphatic carbocycles. The van der Waals surface area contributed by atoms with E-state index < -0.39 is 27.9 Å². The van der Waals surface area contributed by atoms with Gasteiger partial charge in [-0.3, -0.25) is 9.59 Å². The van der Waals surface area contributed by atoms with E-state index >= 15 is 0 Å². The highest BCUT2D eigenvalue weighted by Crippen LogP contribution is 2.16. The van der Waals surface area contributed by atoms with Crippen LogP contribution in [0.15, 0.2) is 72.1 Å². The number of carboxylic acid groups (broad SMARTS) is 1. The summed E-state index contributed by atoms with van der Waals surface area (Å²) in [6.07, 6.45) is 5.00. The lowest BCUT2D eigenvalue weighted by Crippen LogP contribution is -2.46. The van der Waals surface area contributed by atoms with Crippen LogP contribution in [-0.2, 0) is 32.6 Å². The van der Waals surface area contributed by atoms with E-state index in [0.29, 0.717) is 17.1 Å². The third kappa shape index (κ3) is 6.64. The molecule has 0 fully saturated rings. The largest absolute Gasteiger partial charge is 0.481 e.